The molecule has 2 aromatic heterocycles. The van der Waals surface area contributed by atoms with Gasteiger partial charge in [-0.15, -0.1) is 11.3 Å². The van der Waals surface area contributed by atoms with Crippen molar-refractivity contribution in [3.05, 3.63) is 50.7 Å². The summed E-state index contributed by atoms with van der Waals surface area (Å²) < 4.78 is 11.5. The Morgan fingerprint density at radius 2 is 1.90 bits per heavy atom. The third-order valence-electron chi connectivity index (χ3n) is 4.92. The van der Waals surface area contributed by atoms with Gasteiger partial charge in [-0.05, 0) is 61.9 Å². The lowest BCUT2D eigenvalue weighted by Crippen LogP contribution is -2.36. The first-order chi connectivity index (χ1) is 14.1. The molecule has 0 spiro atoms. The van der Waals surface area contributed by atoms with Crippen molar-refractivity contribution in [1.82, 2.24) is 9.88 Å². The summed E-state index contributed by atoms with van der Waals surface area (Å²) in [6, 6.07) is 6.14. The van der Waals surface area contributed by atoms with Crippen LogP contribution in [0.5, 0.6) is 11.5 Å². The number of hydrogen-bond donors (Lipinski definition) is 0. The molecule has 0 saturated heterocycles. The van der Waals surface area contributed by atoms with E-state index in [1.54, 1.807) is 11.3 Å². The number of fused-ring (bicyclic) bond motifs is 1. The fraction of sp³-hybridized carbons (Fsp3) is 0.364. The van der Waals surface area contributed by atoms with Crippen LogP contribution in [0.3, 0.4) is 0 Å². The van der Waals surface area contributed by atoms with E-state index in [4.69, 9.17) is 9.47 Å². The molecule has 5 nitrogen and oxygen atoms in total. The van der Waals surface area contributed by atoms with E-state index in [1.165, 1.54) is 16.9 Å². The highest BCUT2D eigenvalue weighted by atomic mass is 32.1. The molecule has 3 aromatic rings. The lowest BCUT2D eigenvalue weighted by atomic mass is 9.98. The minimum Gasteiger partial charge on any atom is -0.490 e. The molecular formula is C22H24N2O3S2. The van der Waals surface area contributed by atoms with Crippen LogP contribution in [0.25, 0.3) is 10.6 Å². The largest absolute Gasteiger partial charge is 0.490 e. The Morgan fingerprint density at radius 3 is 2.55 bits per heavy atom. The summed E-state index contributed by atoms with van der Waals surface area (Å²) >= 11 is 3.12. The number of thiazole rings is 1. The minimum absolute atomic E-state index is 0.0546. The van der Waals surface area contributed by atoms with Crippen LogP contribution < -0.4 is 9.47 Å². The molecule has 0 N–H and O–H groups in total. The van der Waals surface area contributed by atoms with Gasteiger partial charge in [-0.1, -0.05) is 0 Å². The summed E-state index contributed by atoms with van der Waals surface area (Å²) in [5.41, 5.74) is 4.22. The number of carbonyl (C=O) groups is 1. The standard InChI is InChI=1S/C22H24N2O3S2/c1-4-26-18-10-15-6-8-24(12-17(15)11-19(18)27-5-2)22(25)20-14(3)23-21(29-20)16-7-9-28-13-16/h7,9-11,13H,4-6,8,12H2,1-3H3. The van der Waals surface area contributed by atoms with Crippen molar-refractivity contribution in [2.45, 2.75) is 33.7 Å². The quantitative estimate of drug-likeness (QED) is 0.543. The van der Waals surface area contributed by atoms with E-state index in [9.17, 15) is 4.79 Å². The Hall–Kier alpha value is -2.38. The molecule has 152 valence electrons. The lowest BCUT2D eigenvalue weighted by Gasteiger charge is -2.29. The third kappa shape index (κ3) is 4.02. The van der Waals surface area contributed by atoms with E-state index in [1.807, 2.05) is 43.2 Å². The number of thiophene rings is 1. The maximum atomic E-state index is 13.2. The second-order valence-corrected chi connectivity index (χ2v) is 8.64. The number of carbonyl (C=O) groups excluding carboxylic acids is 1. The van der Waals surface area contributed by atoms with Crippen LogP contribution >= 0.6 is 22.7 Å². The van der Waals surface area contributed by atoms with Gasteiger partial charge in [-0.2, -0.15) is 11.3 Å². The molecule has 0 unspecified atom stereocenters. The van der Waals surface area contributed by atoms with E-state index in [0.717, 1.165) is 44.6 Å². The molecule has 0 atom stereocenters. The second kappa shape index (κ2) is 8.55. The van der Waals surface area contributed by atoms with Gasteiger partial charge < -0.3 is 14.4 Å². The van der Waals surface area contributed by atoms with Gasteiger partial charge in [0.05, 0.1) is 18.9 Å². The van der Waals surface area contributed by atoms with Crippen molar-refractivity contribution in [3.8, 4) is 22.1 Å². The molecule has 1 aromatic carbocycles. The molecule has 0 radical (unpaired) electrons. The highest BCUT2D eigenvalue weighted by Gasteiger charge is 2.27. The molecule has 1 aliphatic rings. The van der Waals surface area contributed by atoms with Gasteiger partial charge in [0.25, 0.3) is 5.91 Å². The second-order valence-electron chi connectivity index (χ2n) is 6.86. The molecule has 0 aliphatic carbocycles. The van der Waals surface area contributed by atoms with Gasteiger partial charge in [0.15, 0.2) is 11.5 Å². The summed E-state index contributed by atoms with van der Waals surface area (Å²) in [6.45, 7) is 8.29. The Bertz CT molecular complexity index is 1010. The summed E-state index contributed by atoms with van der Waals surface area (Å²) in [6.07, 6.45) is 0.808. The van der Waals surface area contributed by atoms with Crippen LogP contribution in [-0.4, -0.2) is 35.5 Å². The van der Waals surface area contributed by atoms with Crippen molar-refractivity contribution in [2.75, 3.05) is 19.8 Å². The van der Waals surface area contributed by atoms with Crippen LogP contribution in [0.15, 0.2) is 29.0 Å². The molecule has 29 heavy (non-hydrogen) atoms. The summed E-state index contributed by atoms with van der Waals surface area (Å²) in [7, 11) is 0. The molecule has 4 rings (SSSR count). The predicted molar refractivity (Wildman–Crippen MR) is 117 cm³/mol. The van der Waals surface area contributed by atoms with E-state index < -0.39 is 0 Å². The SMILES string of the molecule is CCOc1cc2c(cc1OCC)CN(C(=O)c1sc(-c3ccsc3)nc1C)CC2. The van der Waals surface area contributed by atoms with E-state index in [0.29, 0.717) is 26.3 Å². The van der Waals surface area contributed by atoms with Crippen molar-refractivity contribution in [1.29, 1.82) is 0 Å². The predicted octanol–water partition coefficient (Wildman–Crippen LogP) is 5.18. The van der Waals surface area contributed by atoms with Gasteiger partial charge in [0.1, 0.15) is 9.88 Å². The number of rotatable bonds is 6. The van der Waals surface area contributed by atoms with E-state index >= 15 is 0 Å². The molecule has 7 heteroatoms. The number of benzene rings is 1. The Kier molecular flexibility index (Phi) is 5.87. The Morgan fingerprint density at radius 1 is 1.17 bits per heavy atom. The molecule has 3 heterocycles. The summed E-state index contributed by atoms with van der Waals surface area (Å²) in [5, 5.41) is 5.00. The normalized spacial score (nSPS) is 13.3. The van der Waals surface area contributed by atoms with Crippen LogP contribution in [0.4, 0.5) is 0 Å². The maximum Gasteiger partial charge on any atom is 0.266 e. The summed E-state index contributed by atoms with van der Waals surface area (Å²) in [4.78, 5) is 20.5. The highest BCUT2D eigenvalue weighted by Crippen LogP contribution is 2.35. The van der Waals surface area contributed by atoms with E-state index in [-0.39, 0.29) is 5.91 Å². The van der Waals surface area contributed by atoms with Gasteiger partial charge in [0, 0.05) is 24.0 Å². The third-order valence-corrected chi connectivity index (χ3v) is 6.80. The number of aromatic nitrogens is 1. The number of hydrogen-bond acceptors (Lipinski definition) is 6. The zero-order valence-corrected chi connectivity index (χ0v) is 18.5. The van der Waals surface area contributed by atoms with Crippen molar-refractivity contribution < 1.29 is 14.3 Å². The van der Waals surface area contributed by atoms with Crippen LogP contribution in [0.2, 0.25) is 0 Å². The molecule has 0 fully saturated rings. The maximum absolute atomic E-state index is 13.2. The molecule has 0 saturated carbocycles. The van der Waals surface area contributed by atoms with Crippen LogP contribution in [-0.2, 0) is 13.0 Å². The molecule has 1 aliphatic heterocycles. The Labute approximate surface area is 178 Å². The highest BCUT2D eigenvalue weighted by molar-refractivity contribution is 7.17. The average Bonchev–Trinajstić information content (AvgIpc) is 3.37. The van der Waals surface area contributed by atoms with E-state index in [2.05, 4.69) is 16.4 Å². The van der Waals surface area contributed by atoms with Gasteiger partial charge in [-0.25, -0.2) is 4.98 Å². The number of aryl methyl sites for hydroxylation is 1. The molecule has 0 bridgehead atoms. The van der Waals surface area contributed by atoms with Crippen LogP contribution in [0.1, 0.15) is 40.3 Å². The van der Waals surface area contributed by atoms with Gasteiger partial charge in [0.2, 0.25) is 0 Å². The first kappa shape index (κ1) is 19.9. The lowest BCUT2D eigenvalue weighted by molar-refractivity contribution is 0.0738. The fourth-order valence-electron chi connectivity index (χ4n) is 3.52. The smallest absolute Gasteiger partial charge is 0.266 e. The van der Waals surface area contributed by atoms with Crippen molar-refractivity contribution >= 4 is 28.6 Å². The van der Waals surface area contributed by atoms with Gasteiger partial charge >= 0.3 is 0 Å². The number of nitrogens with zero attached hydrogens (tertiary/aromatic N) is 2. The monoisotopic (exact) mass is 428 g/mol. The van der Waals surface area contributed by atoms with Gasteiger partial charge in [-0.3, -0.25) is 4.79 Å². The zero-order chi connectivity index (χ0) is 20.4. The van der Waals surface area contributed by atoms with Crippen molar-refractivity contribution in [2.24, 2.45) is 0 Å². The Balaban J connectivity index is 1.58. The number of ether oxygens (including phenoxy) is 2. The zero-order valence-electron chi connectivity index (χ0n) is 16.9. The van der Waals surface area contributed by atoms with Crippen LogP contribution in [0, 0.1) is 6.92 Å². The number of amides is 1. The fourth-order valence-corrected chi connectivity index (χ4v) is 5.27. The average molecular weight is 429 g/mol. The first-order valence-corrected chi connectivity index (χ1v) is 11.6. The summed E-state index contributed by atoms with van der Waals surface area (Å²) in [5.74, 6) is 1.58. The molecule has 1 amide bonds. The topological polar surface area (TPSA) is 51.7 Å². The first-order valence-electron chi connectivity index (χ1n) is 9.81. The molecular weight excluding hydrogens is 404 g/mol. The minimum atomic E-state index is 0.0546. The van der Waals surface area contributed by atoms with Crippen molar-refractivity contribution in [3.63, 3.8) is 0 Å².